The van der Waals surface area contributed by atoms with Gasteiger partial charge in [-0.25, -0.2) is 0 Å². The summed E-state index contributed by atoms with van der Waals surface area (Å²) < 4.78 is 9.55. The van der Waals surface area contributed by atoms with Crippen molar-refractivity contribution in [2.75, 3.05) is 13.2 Å². The maximum atomic E-state index is 11.2. The van der Waals surface area contributed by atoms with Gasteiger partial charge in [0, 0.05) is 5.82 Å². The van der Waals surface area contributed by atoms with E-state index in [4.69, 9.17) is 17.3 Å². The predicted molar refractivity (Wildman–Crippen MR) is 64.7 cm³/mol. The monoisotopic (exact) mass is 290 g/mol. The highest BCUT2D eigenvalue weighted by Crippen LogP contribution is 2.18. The van der Waals surface area contributed by atoms with Gasteiger partial charge in [-0.15, -0.1) is 0 Å². The second-order valence-corrected chi connectivity index (χ2v) is 4.26. The van der Waals surface area contributed by atoms with Crippen molar-refractivity contribution in [3.63, 3.8) is 0 Å². The van der Waals surface area contributed by atoms with E-state index in [0.717, 1.165) is 0 Å². The van der Waals surface area contributed by atoms with Crippen LogP contribution in [0.3, 0.4) is 0 Å². The van der Waals surface area contributed by atoms with Gasteiger partial charge >= 0.3 is 5.97 Å². The van der Waals surface area contributed by atoms with Gasteiger partial charge in [0.1, 0.15) is 4.83 Å². The Balaban J connectivity index is 3.86. The van der Waals surface area contributed by atoms with Crippen LogP contribution in [-0.2, 0) is 19.1 Å². The van der Waals surface area contributed by atoms with Crippen LogP contribution in [0.1, 0.15) is 26.7 Å². The fourth-order valence-electron chi connectivity index (χ4n) is 1.04. The lowest BCUT2D eigenvalue weighted by Crippen LogP contribution is -2.20. The molecule has 4 nitrogen and oxygen atoms in total. The van der Waals surface area contributed by atoms with Crippen LogP contribution in [-0.4, -0.2) is 37.8 Å². The summed E-state index contributed by atoms with van der Waals surface area (Å²) in [7, 11) is 5.58. The molecule has 90 valence electrons. The number of hydrogen-bond donors (Lipinski definition) is 0. The number of rotatable bonds is 7. The van der Waals surface area contributed by atoms with Crippen molar-refractivity contribution in [3.8, 4) is 0 Å². The van der Waals surface area contributed by atoms with Crippen molar-refractivity contribution in [2.45, 2.75) is 37.3 Å². The van der Waals surface area contributed by atoms with Gasteiger partial charge in [-0.2, -0.15) is 0 Å². The topological polar surface area (TPSA) is 52.6 Å². The van der Waals surface area contributed by atoms with Gasteiger partial charge in [0.2, 0.25) is 0 Å². The molecule has 0 aromatic rings. The average Bonchev–Trinajstić information content (AvgIpc) is 2.25. The minimum absolute atomic E-state index is 0.308. The Hall–Kier alpha value is -0.515. The number of esters is 2. The molecule has 0 rings (SSSR count). The van der Waals surface area contributed by atoms with Gasteiger partial charge in [0.15, 0.2) is 0 Å². The zero-order valence-electron chi connectivity index (χ0n) is 9.57. The minimum atomic E-state index is -0.686. The summed E-state index contributed by atoms with van der Waals surface area (Å²) in [6.07, 6.45) is 0.826. The molecule has 0 aliphatic heterocycles. The highest BCUT2D eigenvalue weighted by Gasteiger charge is 2.20. The van der Waals surface area contributed by atoms with Crippen LogP contribution in [0.4, 0.5) is 0 Å². The first-order chi connectivity index (χ1) is 7.52. The molecule has 0 fully saturated rings. The number of hydrogen-bond acceptors (Lipinski definition) is 4. The molecule has 6 heteroatoms. The molecule has 2 radical (unpaired) electrons. The van der Waals surface area contributed by atoms with E-state index >= 15 is 0 Å². The Kier molecular flexibility index (Phi) is 8.34. The molecular formula is C10H16BBrO4. The molecule has 0 aromatic carbocycles. The van der Waals surface area contributed by atoms with E-state index < -0.39 is 16.6 Å². The van der Waals surface area contributed by atoms with Crippen molar-refractivity contribution in [1.29, 1.82) is 0 Å². The summed E-state index contributed by atoms with van der Waals surface area (Å²) >= 11 is 3.18. The lowest BCUT2D eigenvalue weighted by molar-refractivity contribution is -0.144. The normalized spacial score (nSPS) is 13.9. The van der Waals surface area contributed by atoms with E-state index in [1.807, 2.05) is 0 Å². The smallest absolute Gasteiger partial charge is 0.319 e. The second kappa shape index (κ2) is 8.62. The number of carbonyl (C=O) groups is 2. The van der Waals surface area contributed by atoms with Crippen LogP contribution in [0.15, 0.2) is 0 Å². The van der Waals surface area contributed by atoms with Crippen molar-refractivity contribution in [3.05, 3.63) is 0 Å². The van der Waals surface area contributed by atoms with Crippen LogP contribution in [0.5, 0.6) is 0 Å². The Morgan fingerprint density at radius 3 is 2.12 bits per heavy atom. The zero-order chi connectivity index (χ0) is 12.6. The van der Waals surface area contributed by atoms with E-state index in [1.165, 1.54) is 0 Å². The SMILES string of the molecule is [B]C(CCC(Br)C(=O)OCC)C(=O)OCC. The van der Waals surface area contributed by atoms with Gasteiger partial charge in [-0.05, 0) is 26.7 Å². The first kappa shape index (κ1) is 15.5. The van der Waals surface area contributed by atoms with Gasteiger partial charge in [-0.1, -0.05) is 15.9 Å². The molecule has 0 saturated heterocycles. The molecule has 0 bridgehead atoms. The molecule has 0 N–H and O–H groups in total. The first-order valence-electron chi connectivity index (χ1n) is 5.25. The molecular weight excluding hydrogens is 275 g/mol. The third-order valence-corrected chi connectivity index (χ3v) is 2.69. The van der Waals surface area contributed by atoms with Crippen LogP contribution < -0.4 is 0 Å². The Morgan fingerprint density at radius 1 is 1.12 bits per heavy atom. The van der Waals surface area contributed by atoms with Crippen LogP contribution >= 0.6 is 15.9 Å². The van der Waals surface area contributed by atoms with Gasteiger partial charge in [0.05, 0.1) is 21.1 Å². The van der Waals surface area contributed by atoms with E-state index in [9.17, 15) is 9.59 Å². The molecule has 0 spiro atoms. The van der Waals surface area contributed by atoms with E-state index in [-0.39, 0.29) is 5.97 Å². The van der Waals surface area contributed by atoms with E-state index in [0.29, 0.717) is 26.1 Å². The van der Waals surface area contributed by atoms with E-state index in [1.54, 1.807) is 13.8 Å². The molecule has 0 saturated carbocycles. The maximum absolute atomic E-state index is 11.2. The molecule has 0 heterocycles. The third kappa shape index (κ3) is 6.15. The number of carbonyl (C=O) groups excluding carboxylic acids is 2. The number of ether oxygens (including phenoxy) is 2. The summed E-state index contributed by atoms with van der Waals surface area (Å²) in [4.78, 5) is 22.0. The number of halogens is 1. The standard InChI is InChI=1S/C10H16BBrO4/c1-3-15-9(13)7(11)5-6-8(12)10(14)16-4-2/h7-8H,3-6H2,1-2H3. The molecule has 0 aliphatic rings. The van der Waals surface area contributed by atoms with Crippen molar-refractivity contribution >= 4 is 35.7 Å². The Labute approximate surface area is 106 Å². The largest absolute Gasteiger partial charge is 0.466 e. The van der Waals surface area contributed by atoms with Crippen molar-refractivity contribution < 1.29 is 19.1 Å². The van der Waals surface area contributed by atoms with Crippen LogP contribution in [0, 0.1) is 0 Å². The fraction of sp³-hybridized carbons (Fsp3) is 0.800. The predicted octanol–water partition coefficient (Wildman–Crippen LogP) is 1.61. The molecule has 2 unspecified atom stereocenters. The lowest BCUT2D eigenvalue weighted by atomic mass is 9.83. The summed E-state index contributed by atoms with van der Waals surface area (Å²) in [5, 5.41) is 0. The first-order valence-corrected chi connectivity index (χ1v) is 6.17. The highest BCUT2D eigenvalue weighted by atomic mass is 79.9. The fourth-order valence-corrected chi connectivity index (χ4v) is 1.44. The Bertz CT molecular complexity index is 211. The Morgan fingerprint density at radius 2 is 1.62 bits per heavy atom. The van der Waals surface area contributed by atoms with Gasteiger partial charge < -0.3 is 9.47 Å². The molecule has 16 heavy (non-hydrogen) atoms. The molecule has 0 amide bonds. The van der Waals surface area contributed by atoms with Crippen LogP contribution in [0.2, 0.25) is 5.82 Å². The summed E-state index contributed by atoms with van der Waals surface area (Å²) in [5.41, 5.74) is 0. The lowest BCUT2D eigenvalue weighted by Gasteiger charge is -2.13. The summed E-state index contributed by atoms with van der Waals surface area (Å²) in [5.74, 6) is -1.46. The van der Waals surface area contributed by atoms with Crippen molar-refractivity contribution in [2.24, 2.45) is 0 Å². The van der Waals surface area contributed by atoms with Gasteiger partial charge in [0.25, 0.3) is 5.97 Å². The maximum Gasteiger partial charge on any atom is 0.319 e. The summed E-state index contributed by atoms with van der Waals surface area (Å²) in [6, 6.07) is 0. The second-order valence-electron chi connectivity index (χ2n) is 3.16. The van der Waals surface area contributed by atoms with Gasteiger partial charge in [-0.3, -0.25) is 9.59 Å². The molecule has 0 aliphatic carbocycles. The zero-order valence-corrected chi connectivity index (χ0v) is 11.2. The van der Waals surface area contributed by atoms with Crippen molar-refractivity contribution in [1.82, 2.24) is 0 Å². The van der Waals surface area contributed by atoms with E-state index in [2.05, 4.69) is 15.9 Å². The van der Waals surface area contributed by atoms with Crippen LogP contribution in [0.25, 0.3) is 0 Å². The highest BCUT2D eigenvalue weighted by molar-refractivity contribution is 9.10. The molecule has 0 aromatic heterocycles. The quantitative estimate of drug-likeness (QED) is 0.406. The number of alkyl halides is 1. The summed E-state index contributed by atoms with van der Waals surface area (Å²) in [6.45, 7) is 4.10. The molecule has 2 atom stereocenters. The minimum Gasteiger partial charge on any atom is -0.466 e. The average molecular weight is 291 g/mol. The third-order valence-electron chi connectivity index (χ3n) is 1.86.